The molecule has 0 bridgehead atoms. The summed E-state index contributed by atoms with van der Waals surface area (Å²) in [5.41, 5.74) is 4.33. The molecule has 0 saturated heterocycles. The van der Waals surface area contributed by atoms with E-state index >= 15 is 0 Å². The minimum absolute atomic E-state index is 0.0257. The first-order valence-electron chi connectivity index (χ1n) is 9.59. The standard InChI is InChI=1S/C25H34O3/c1-10-23(14-19(4)25(8)12-11-17(2)15-25)20(5)18(3)13-24(21(6)27-9)16-28-22(7)26/h11-14,17H,3-6,10,15-16H2,1-2,7-9H3/b23-14-,24-13-/t17?,25-/m0/s1. The van der Waals surface area contributed by atoms with Crippen molar-refractivity contribution in [3.63, 3.8) is 0 Å². The zero-order valence-corrected chi connectivity index (χ0v) is 18.1. The highest BCUT2D eigenvalue weighted by Crippen LogP contribution is 2.42. The molecule has 2 atom stereocenters. The number of hydrogen-bond acceptors (Lipinski definition) is 3. The summed E-state index contributed by atoms with van der Waals surface area (Å²) < 4.78 is 10.3. The molecule has 0 aromatic carbocycles. The van der Waals surface area contributed by atoms with Gasteiger partial charge in [-0.25, -0.2) is 0 Å². The minimum Gasteiger partial charge on any atom is -0.497 e. The van der Waals surface area contributed by atoms with Crippen molar-refractivity contribution in [1.82, 2.24) is 0 Å². The van der Waals surface area contributed by atoms with Crippen LogP contribution in [0.3, 0.4) is 0 Å². The largest absolute Gasteiger partial charge is 0.497 e. The fourth-order valence-corrected chi connectivity index (χ4v) is 3.21. The minimum atomic E-state index is -0.364. The fourth-order valence-electron chi connectivity index (χ4n) is 3.21. The molecule has 152 valence electrons. The molecule has 0 amide bonds. The number of esters is 1. The topological polar surface area (TPSA) is 35.5 Å². The number of allylic oxidation sites excluding steroid dienone is 8. The maximum Gasteiger partial charge on any atom is 0.302 e. The lowest BCUT2D eigenvalue weighted by atomic mass is 9.79. The van der Waals surface area contributed by atoms with Gasteiger partial charge in [-0.1, -0.05) is 65.3 Å². The van der Waals surface area contributed by atoms with Crippen LogP contribution in [-0.2, 0) is 14.3 Å². The number of ether oxygens (including phenoxy) is 2. The summed E-state index contributed by atoms with van der Waals surface area (Å²) in [4.78, 5) is 11.1. The van der Waals surface area contributed by atoms with Gasteiger partial charge in [0.05, 0.1) is 7.11 Å². The van der Waals surface area contributed by atoms with Gasteiger partial charge in [-0.15, -0.1) is 0 Å². The summed E-state index contributed by atoms with van der Waals surface area (Å²) in [7, 11) is 1.53. The molecule has 28 heavy (non-hydrogen) atoms. The highest BCUT2D eigenvalue weighted by atomic mass is 16.5. The first kappa shape index (κ1) is 23.5. The highest BCUT2D eigenvalue weighted by Gasteiger charge is 2.30. The molecule has 0 aromatic rings. The Balaban J connectivity index is 3.05. The first-order valence-corrected chi connectivity index (χ1v) is 9.59. The maximum absolute atomic E-state index is 11.1. The van der Waals surface area contributed by atoms with Crippen LogP contribution < -0.4 is 0 Å². The van der Waals surface area contributed by atoms with Crippen LogP contribution in [0.2, 0.25) is 0 Å². The number of methoxy groups -OCH3 is 1. The predicted octanol–water partition coefficient (Wildman–Crippen LogP) is 6.24. The van der Waals surface area contributed by atoms with Gasteiger partial charge in [0.25, 0.3) is 0 Å². The van der Waals surface area contributed by atoms with Crippen molar-refractivity contribution in [2.75, 3.05) is 13.7 Å². The second-order valence-corrected chi connectivity index (χ2v) is 7.59. The molecule has 0 radical (unpaired) electrons. The van der Waals surface area contributed by atoms with Crippen LogP contribution in [0.15, 0.2) is 84.2 Å². The predicted molar refractivity (Wildman–Crippen MR) is 118 cm³/mol. The van der Waals surface area contributed by atoms with Crippen LogP contribution in [0.1, 0.15) is 40.5 Å². The molecule has 1 aliphatic rings. The molecular formula is C25H34O3. The molecule has 0 saturated carbocycles. The molecular weight excluding hydrogens is 348 g/mol. The van der Waals surface area contributed by atoms with E-state index in [1.165, 1.54) is 14.0 Å². The lowest BCUT2D eigenvalue weighted by Crippen LogP contribution is -2.13. The van der Waals surface area contributed by atoms with Crippen molar-refractivity contribution in [2.24, 2.45) is 11.3 Å². The molecule has 1 rings (SSSR count). The molecule has 0 fully saturated rings. The van der Waals surface area contributed by atoms with Crippen molar-refractivity contribution < 1.29 is 14.3 Å². The Labute approximate surface area is 170 Å². The van der Waals surface area contributed by atoms with Crippen molar-refractivity contribution >= 4 is 5.97 Å². The van der Waals surface area contributed by atoms with Crippen LogP contribution >= 0.6 is 0 Å². The highest BCUT2D eigenvalue weighted by molar-refractivity contribution is 5.66. The van der Waals surface area contributed by atoms with Gasteiger partial charge in [0.15, 0.2) is 0 Å². The van der Waals surface area contributed by atoms with Crippen LogP contribution in [0, 0.1) is 11.3 Å². The Kier molecular flexibility index (Phi) is 8.49. The molecule has 3 heteroatoms. The van der Waals surface area contributed by atoms with Crippen molar-refractivity contribution in [3.8, 4) is 0 Å². The Morgan fingerprint density at radius 2 is 1.86 bits per heavy atom. The summed E-state index contributed by atoms with van der Waals surface area (Å²) in [6, 6.07) is 0. The van der Waals surface area contributed by atoms with Gasteiger partial charge in [-0.3, -0.25) is 4.79 Å². The van der Waals surface area contributed by atoms with Gasteiger partial charge in [0.2, 0.25) is 0 Å². The number of carbonyl (C=O) groups is 1. The van der Waals surface area contributed by atoms with Crippen molar-refractivity contribution in [1.29, 1.82) is 0 Å². The lowest BCUT2D eigenvalue weighted by molar-refractivity contribution is -0.139. The summed E-state index contributed by atoms with van der Waals surface area (Å²) in [5.74, 6) is 0.626. The molecule has 0 spiro atoms. The van der Waals surface area contributed by atoms with E-state index in [-0.39, 0.29) is 18.0 Å². The van der Waals surface area contributed by atoms with Gasteiger partial charge in [0.1, 0.15) is 12.4 Å². The monoisotopic (exact) mass is 382 g/mol. The molecule has 0 N–H and O–H groups in total. The van der Waals surface area contributed by atoms with E-state index in [9.17, 15) is 4.79 Å². The second kappa shape index (κ2) is 10.1. The van der Waals surface area contributed by atoms with Gasteiger partial charge < -0.3 is 9.47 Å². The van der Waals surface area contributed by atoms with Gasteiger partial charge in [-0.05, 0) is 47.1 Å². The van der Waals surface area contributed by atoms with Crippen molar-refractivity contribution in [3.05, 3.63) is 84.2 Å². The average Bonchev–Trinajstić information content (AvgIpc) is 3.01. The molecule has 1 unspecified atom stereocenters. The second-order valence-electron chi connectivity index (χ2n) is 7.59. The summed E-state index contributed by atoms with van der Waals surface area (Å²) >= 11 is 0. The molecule has 3 nitrogen and oxygen atoms in total. The number of rotatable bonds is 10. The SMILES string of the molecule is C=C(/C=C(/COC(C)=O)C(=C)OC)C(=C)/C(=C\C(=C)[C@@]1(C)C=CC(C)C1)CC. The van der Waals surface area contributed by atoms with E-state index in [4.69, 9.17) is 9.47 Å². The summed E-state index contributed by atoms with van der Waals surface area (Å²) in [6.07, 6.45) is 10.3. The summed E-state index contributed by atoms with van der Waals surface area (Å²) in [5, 5.41) is 0. The van der Waals surface area contributed by atoms with E-state index in [1.54, 1.807) is 0 Å². The van der Waals surface area contributed by atoms with E-state index in [0.29, 0.717) is 17.3 Å². The van der Waals surface area contributed by atoms with Gasteiger partial charge >= 0.3 is 5.97 Å². The molecule has 0 heterocycles. The number of hydrogen-bond donors (Lipinski definition) is 0. The Bertz CT molecular complexity index is 761. The Morgan fingerprint density at radius 1 is 1.21 bits per heavy atom. The smallest absolute Gasteiger partial charge is 0.302 e. The normalized spacial score (nSPS) is 22.0. The van der Waals surface area contributed by atoms with Crippen LogP contribution in [0.4, 0.5) is 0 Å². The van der Waals surface area contributed by atoms with E-state index in [2.05, 4.69) is 65.3 Å². The van der Waals surface area contributed by atoms with Crippen LogP contribution in [0.5, 0.6) is 0 Å². The van der Waals surface area contributed by atoms with Crippen molar-refractivity contribution in [2.45, 2.75) is 40.5 Å². The first-order chi connectivity index (χ1) is 13.0. The third-order valence-corrected chi connectivity index (χ3v) is 5.16. The van der Waals surface area contributed by atoms with Gasteiger partial charge in [0, 0.05) is 17.9 Å². The average molecular weight is 383 g/mol. The lowest BCUT2D eigenvalue weighted by Gasteiger charge is -2.25. The molecule has 0 aliphatic heterocycles. The van der Waals surface area contributed by atoms with E-state index in [0.717, 1.165) is 35.1 Å². The Morgan fingerprint density at radius 3 is 2.32 bits per heavy atom. The van der Waals surface area contributed by atoms with E-state index in [1.807, 2.05) is 6.08 Å². The Hall–Kier alpha value is -2.55. The van der Waals surface area contributed by atoms with Crippen LogP contribution in [0.25, 0.3) is 0 Å². The van der Waals surface area contributed by atoms with Crippen LogP contribution in [-0.4, -0.2) is 19.7 Å². The zero-order valence-electron chi connectivity index (χ0n) is 18.1. The molecule has 0 aromatic heterocycles. The maximum atomic E-state index is 11.1. The quantitative estimate of drug-likeness (QED) is 0.194. The third kappa shape index (κ3) is 6.26. The summed E-state index contributed by atoms with van der Waals surface area (Å²) in [6.45, 7) is 24.5. The van der Waals surface area contributed by atoms with E-state index < -0.39 is 0 Å². The fraction of sp³-hybridized carbons (Fsp3) is 0.400. The third-order valence-electron chi connectivity index (χ3n) is 5.16. The number of carbonyl (C=O) groups excluding carboxylic acids is 1. The van der Waals surface area contributed by atoms with Gasteiger partial charge in [-0.2, -0.15) is 0 Å². The molecule has 1 aliphatic carbocycles. The zero-order chi connectivity index (χ0) is 21.5.